The average molecular weight is 394 g/mol. The number of halogens is 2. The van der Waals surface area contributed by atoms with Crippen LogP contribution in [0.15, 0.2) is 22.7 Å². The lowest BCUT2D eigenvalue weighted by Gasteiger charge is -2.30. The summed E-state index contributed by atoms with van der Waals surface area (Å²) in [6.07, 6.45) is 0. The Morgan fingerprint density at radius 2 is 2.00 bits per heavy atom. The van der Waals surface area contributed by atoms with E-state index in [4.69, 9.17) is 27.7 Å². The average Bonchev–Trinajstić information content (AvgIpc) is 3.23. The number of hydrogen-bond acceptors (Lipinski definition) is 7. The molecule has 3 heterocycles. The van der Waals surface area contributed by atoms with E-state index < -0.39 is 0 Å². The predicted octanol–water partition coefficient (Wildman–Crippen LogP) is 2.51. The van der Waals surface area contributed by atoms with Crippen molar-refractivity contribution in [2.75, 3.05) is 26.7 Å². The van der Waals surface area contributed by atoms with E-state index >= 15 is 0 Å². The molecule has 4 rings (SSSR count). The molecule has 1 N–H and O–H groups in total. The second kappa shape index (κ2) is 6.96. The molecule has 0 amide bonds. The van der Waals surface area contributed by atoms with Crippen molar-refractivity contribution in [1.29, 1.82) is 0 Å². The molecular weight excluding hydrogens is 377 g/mol. The fourth-order valence-corrected chi connectivity index (χ4v) is 3.50. The number of likely N-dealkylation sites (N-methyl/N-ethyl adjacent to an activating group) is 1. The maximum Gasteiger partial charge on any atom is 0.297 e. The van der Waals surface area contributed by atoms with Gasteiger partial charge in [-0.25, -0.2) is 9.67 Å². The van der Waals surface area contributed by atoms with E-state index in [1.54, 1.807) is 22.9 Å². The van der Waals surface area contributed by atoms with Gasteiger partial charge in [-0.05, 0) is 26.1 Å². The predicted molar refractivity (Wildman–Crippen MR) is 97.6 cm³/mol. The van der Waals surface area contributed by atoms with Crippen molar-refractivity contribution < 1.29 is 4.52 Å². The summed E-state index contributed by atoms with van der Waals surface area (Å²) in [5, 5.41) is 12.9. The SMILES string of the molecule is Cc1nc(-c2nc(C3CNCCN3C)no2)nn1-c1c(Cl)cccc1Cl. The maximum atomic E-state index is 6.28. The monoisotopic (exact) mass is 393 g/mol. The summed E-state index contributed by atoms with van der Waals surface area (Å²) >= 11 is 12.6. The molecule has 136 valence electrons. The number of piperazine rings is 1. The first-order valence-corrected chi connectivity index (χ1v) is 8.93. The standard InChI is InChI=1S/C16H17Cl2N7O/c1-9-20-15(22-25(9)13-10(17)4-3-5-11(13)18)16-21-14(23-26-16)12-8-19-6-7-24(12)2/h3-5,12,19H,6-8H2,1-2H3. The number of rotatable bonds is 3. The molecule has 1 aliphatic rings. The van der Waals surface area contributed by atoms with Crippen LogP contribution in [-0.2, 0) is 0 Å². The van der Waals surface area contributed by atoms with Gasteiger partial charge in [-0.1, -0.05) is 34.4 Å². The summed E-state index contributed by atoms with van der Waals surface area (Å²) < 4.78 is 6.98. The molecule has 1 saturated heterocycles. The van der Waals surface area contributed by atoms with E-state index in [1.807, 2.05) is 14.0 Å². The summed E-state index contributed by atoms with van der Waals surface area (Å²) in [5.41, 5.74) is 0.572. The zero-order valence-corrected chi connectivity index (χ0v) is 15.8. The summed E-state index contributed by atoms with van der Waals surface area (Å²) in [5.74, 6) is 1.83. The molecule has 2 aromatic heterocycles. The molecule has 1 atom stereocenters. The van der Waals surface area contributed by atoms with Gasteiger partial charge >= 0.3 is 0 Å². The molecule has 3 aromatic rings. The lowest BCUT2D eigenvalue weighted by atomic mass is 10.2. The molecule has 1 aromatic carbocycles. The van der Waals surface area contributed by atoms with Crippen LogP contribution >= 0.6 is 23.2 Å². The molecule has 26 heavy (non-hydrogen) atoms. The van der Waals surface area contributed by atoms with E-state index in [9.17, 15) is 0 Å². The molecule has 0 bridgehead atoms. The highest BCUT2D eigenvalue weighted by molar-refractivity contribution is 6.37. The molecular formula is C16H17Cl2N7O. The minimum Gasteiger partial charge on any atom is -0.330 e. The first kappa shape index (κ1) is 17.4. The van der Waals surface area contributed by atoms with Crippen LogP contribution in [0.5, 0.6) is 0 Å². The third-order valence-corrected chi connectivity index (χ3v) is 4.97. The molecule has 1 aliphatic heterocycles. The van der Waals surface area contributed by atoms with Crippen LogP contribution in [0.25, 0.3) is 17.4 Å². The van der Waals surface area contributed by atoms with Crippen molar-refractivity contribution in [2.45, 2.75) is 13.0 Å². The van der Waals surface area contributed by atoms with Crippen LogP contribution in [0.3, 0.4) is 0 Å². The second-order valence-corrected chi connectivity index (χ2v) is 6.94. The van der Waals surface area contributed by atoms with Crippen molar-refractivity contribution in [1.82, 2.24) is 35.1 Å². The van der Waals surface area contributed by atoms with Crippen molar-refractivity contribution in [3.63, 3.8) is 0 Å². The molecule has 10 heteroatoms. The lowest BCUT2D eigenvalue weighted by Crippen LogP contribution is -2.44. The van der Waals surface area contributed by atoms with Gasteiger partial charge in [-0.15, -0.1) is 5.10 Å². The minimum absolute atomic E-state index is 0.0578. The highest BCUT2D eigenvalue weighted by atomic mass is 35.5. The number of para-hydroxylation sites is 1. The molecule has 0 spiro atoms. The topological polar surface area (TPSA) is 84.9 Å². The quantitative estimate of drug-likeness (QED) is 0.731. The Kier molecular flexibility index (Phi) is 4.66. The van der Waals surface area contributed by atoms with Gasteiger partial charge in [-0.3, -0.25) is 4.90 Å². The molecule has 8 nitrogen and oxygen atoms in total. The number of nitrogens with zero attached hydrogens (tertiary/aromatic N) is 6. The van der Waals surface area contributed by atoms with Crippen molar-refractivity contribution in [3.05, 3.63) is 39.9 Å². The van der Waals surface area contributed by atoms with Crippen molar-refractivity contribution in [2.24, 2.45) is 0 Å². The Morgan fingerprint density at radius 1 is 1.23 bits per heavy atom. The van der Waals surface area contributed by atoms with E-state index in [0.717, 1.165) is 19.6 Å². The summed E-state index contributed by atoms with van der Waals surface area (Å²) in [6, 6.07) is 5.34. The van der Waals surface area contributed by atoms with E-state index in [0.29, 0.717) is 33.2 Å². The number of benzene rings is 1. The van der Waals surface area contributed by atoms with Crippen LogP contribution in [0.1, 0.15) is 17.7 Å². The Balaban J connectivity index is 1.68. The minimum atomic E-state index is 0.0578. The van der Waals surface area contributed by atoms with E-state index in [-0.39, 0.29) is 11.9 Å². The highest BCUT2D eigenvalue weighted by Gasteiger charge is 2.27. The van der Waals surface area contributed by atoms with E-state index in [2.05, 4.69) is 30.4 Å². The summed E-state index contributed by atoms with van der Waals surface area (Å²) in [7, 11) is 2.04. The van der Waals surface area contributed by atoms with Crippen LogP contribution in [-0.4, -0.2) is 56.5 Å². The number of aryl methyl sites for hydroxylation is 1. The Bertz CT molecular complexity index is 918. The highest BCUT2D eigenvalue weighted by Crippen LogP contribution is 2.29. The van der Waals surface area contributed by atoms with Gasteiger partial charge in [0.25, 0.3) is 5.89 Å². The van der Waals surface area contributed by atoms with E-state index in [1.165, 1.54) is 0 Å². The van der Waals surface area contributed by atoms with Gasteiger partial charge in [0, 0.05) is 19.6 Å². The van der Waals surface area contributed by atoms with Crippen molar-refractivity contribution in [3.8, 4) is 17.4 Å². The summed E-state index contributed by atoms with van der Waals surface area (Å²) in [4.78, 5) is 11.1. The first-order valence-electron chi connectivity index (χ1n) is 8.17. The molecule has 1 unspecified atom stereocenters. The van der Waals surface area contributed by atoms with Gasteiger partial charge < -0.3 is 9.84 Å². The zero-order valence-electron chi connectivity index (χ0n) is 14.3. The Morgan fingerprint density at radius 3 is 2.73 bits per heavy atom. The van der Waals surface area contributed by atoms with Gasteiger partial charge in [0.2, 0.25) is 5.82 Å². The van der Waals surface area contributed by atoms with Crippen LogP contribution in [0.2, 0.25) is 10.0 Å². The van der Waals surface area contributed by atoms with Crippen LogP contribution in [0.4, 0.5) is 0 Å². The van der Waals surface area contributed by atoms with Gasteiger partial charge in [0.15, 0.2) is 5.82 Å². The van der Waals surface area contributed by atoms with Gasteiger partial charge in [0.05, 0.1) is 16.1 Å². The van der Waals surface area contributed by atoms with Crippen molar-refractivity contribution >= 4 is 23.2 Å². The van der Waals surface area contributed by atoms with Gasteiger partial charge in [-0.2, -0.15) is 4.98 Å². The summed E-state index contributed by atoms with van der Waals surface area (Å²) in [6.45, 7) is 4.45. The van der Waals surface area contributed by atoms with Gasteiger partial charge in [0.1, 0.15) is 11.5 Å². The second-order valence-electron chi connectivity index (χ2n) is 6.12. The first-order chi connectivity index (χ1) is 12.5. The smallest absolute Gasteiger partial charge is 0.297 e. The number of nitrogens with one attached hydrogen (secondary N) is 1. The fraction of sp³-hybridized carbons (Fsp3) is 0.375. The third-order valence-electron chi connectivity index (χ3n) is 4.36. The van der Waals surface area contributed by atoms with Crippen LogP contribution < -0.4 is 5.32 Å². The molecule has 0 aliphatic carbocycles. The fourth-order valence-electron chi connectivity index (χ4n) is 2.94. The molecule has 0 radical (unpaired) electrons. The number of hydrogen-bond donors (Lipinski definition) is 1. The van der Waals surface area contributed by atoms with Crippen LogP contribution in [0, 0.1) is 6.92 Å². The lowest BCUT2D eigenvalue weighted by molar-refractivity contribution is 0.190. The Labute approximate surface area is 160 Å². The number of aromatic nitrogens is 5. The zero-order chi connectivity index (χ0) is 18.3. The molecule has 0 saturated carbocycles. The largest absolute Gasteiger partial charge is 0.330 e. The normalized spacial score (nSPS) is 18.4. The molecule has 1 fully saturated rings. The third kappa shape index (κ3) is 3.09. The Hall–Kier alpha value is -2.00. The maximum absolute atomic E-state index is 6.28.